The molecule has 1 amide bonds. The lowest BCUT2D eigenvalue weighted by Crippen LogP contribution is -2.31. The lowest BCUT2D eigenvalue weighted by molar-refractivity contribution is -0.118. The minimum absolute atomic E-state index is 0.00243. The maximum Gasteiger partial charge on any atom is 0.230 e. The third-order valence-electron chi connectivity index (χ3n) is 5.79. The van der Waals surface area contributed by atoms with E-state index >= 15 is 0 Å². The van der Waals surface area contributed by atoms with E-state index in [1.807, 2.05) is 36.0 Å². The standard InChI is InChI=1S/C27H29ClN2OS2/c1-30-15-13-24(14-16-30)33-25-7-4-6-21(17-25)20-9-11-23(12-10-20)32-19-27(31)29-18-22-5-2-3-8-26(22)28/h2-12,17,24H,13-16,18-19H2,1H3,(H,29,31). The fourth-order valence-corrected chi connectivity index (χ4v) is 5.94. The molecule has 0 bridgehead atoms. The van der Waals surface area contributed by atoms with Crippen molar-refractivity contribution in [1.82, 2.24) is 10.2 Å². The van der Waals surface area contributed by atoms with Crippen molar-refractivity contribution in [2.75, 3.05) is 25.9 Å². The third kappa shape index (κ3) is 7.28. The summed E-state index contributed by atoms with van der Waals surface area (Å²) in [7, 11) is 2.20. The van der Waals surface area contributed by atoms with Gasteiger partial charge in [0.05, 0.1) is 5.75 Å². The van der Waals surface area contributed by atoms with Crippen LogP contribution in [0.2, 0.25) is 5.02 Å². The number of carbonyl (C=O) groups is 1. The predicted octanol–water partition coefficient (Wildman–Crippen LogP) is 6.60. The fourth-order valence-electron chi connectivity index (χ4n) is 3.82. The van der Waals surface area contributed by atoms with Gasteiger partial charge in [0.2, 0.25) is 5.91 Å². The zero-order valence-electron chi connectivity index (χ0n) is 18.8. The van der Waals surface area contributed by atoms with Crippen molar-refractivity contribution in [3.8, 4) is 11.1 Å². The van der Waals surface area contributed by atoms with E-state index in [-0.39, 0.29) is 5.91 Å². The SMILES string of the molecule is CN1CCC(Sc2cccc(-c3ccc(SCC(=O)NCc4ccccc4Cl)cc3)c2)CC1. The van der Waals surface area contributed by atoms with E-state index in [0.29, 0.717) is 22.6 Å². The van der Waals surface area contributed by atoms with Crippen LogP contribution in [0.25, 0.3) is 11.1 Å². The van der Waals surface area contributed by atoms with Crippen LogP contribution in [0.15, 0.2) is 82.6 Å². The van der Waals surface area contributed by atoms with Crippen molar-refractivity contribution in [2.24, 2.45) is 0 Å². The van der Waals surface area contributed by atoms with Gasteiger partial charge in [-0.1, -0.05) is 54.1 Å². The Labute approximate surface area is 210 Å². The lowest BCUT2D eigenvalue weighted by Gasteiger charge is -2.28. The molecule has 1 aliphatic heterocycles. The van der Waals surface area contributed by atoms with Crippen LogP contribution in [-0.2, 0) is 11.3 Å². The number of thioether (sulfide) groups is 2. The minimum atomic E-state index is 0.00243. The van der Waals surface area contributed by atoms with Crippen molar-refractivity contribution in [2.45, 2.75) is 34.4 Å². The van der Waals surface area contributed by atoms with Gasteiger partial charge in [0, 0.05) is 26.6 Å². The van der Waals surface area contributed by atoms with Gasteiger partial charge in [-0.05, 0) is 80.0 Å². The van der Waals surface area contributed by atoms with Crippen LogP contribution in [0.3, 0.4) is 0 Å². The Morgan fingerprint density at radius 2 is 1.73 bits per heavy atom. The number of amides is 1. The third-order valence-corrected chi connectivity index (χ3v) is 8.51. The largest absolute Gasteiger partial charge is 0.351 e. The Balaban J connectivity index is 1.28. The van der Waals surface area contributed by atoms with Crippen LogP contribution in [0.5, 0.6) is 0 Å². The molecular formula is C27H29ClN2OS2. The molecule has 3 aromatic carbocycles. The molecule has 1 aliphatic rings. The number of piperidine rings is 1. The van der Waals surface area contributed by atoms with E-state index in [9.17, 15) is 4.79 Å². The molecule has 3 aromatic rings. The summed E-state index contributed by atoms with van der Waals surface area (Å²) in [5.41, 5.74) is 3.37. The smallest absolute Gasteiger partial charge is 0.230 e. The molecule has 1 saturated heterocycles. The molecule has 4 rings (SSSR count). The summed E-state index contributed by atoms with van der Waals surface area (Å²) < 4.78 is 0. The molecule has 6 heteroatoms. The minimum Gasteiger partial charge on any atom is -0.351 e. The lowest BCUT2D eigenvalue weighted by atomic mass is 10.1. The molecule has 1 fully saturated rings. The van der Waals surface area contributed by atoms with E-state index in [2.05, 4.69) is 65.8 Å². The van der Waals surface area contributed by atoms with Gasteiger partial charge in [-0.15, -0.1) is 23.5 Å². The predicted molar refractivity (Wildman–Crippen MR) is 142 cm³/mol. The normalized spacial score (nSPS) is 14.8. The van der Waals surface area contributed by atoms with Gasteiger partial charge in [-0.3, -0.25) is 4.79 Å². The van der Waals surface area contributed by atoms with Crippen LogP contribution in [0.1, 0.15) is 18.4 Å². The van der Waals surface area contributed by atoms with Gasteiger partial charge < -0.3 is 10.2 Å². The highest BCUT2D eigenvalue weighted by molar-refractivity contribution is 8.00. The van der Waals surface area contributed by atoms with Crippen LogP contribution >= 0.6 is 35.1 Å². The van der Waals surface area contributed by atoms with E-state index in [1.54, 1.807) is 11.8 Å². The Kier molecular flexibility index (Phi) is 8.79. The molecule has 0 saturated carbocycles. The molecule has 0 spiro atoms. The van der Waals surface area contributed by atoms with E-state index in [0.717, 1.165) is 10.5 Å². The molecule has 1 heterocycles. The zero-order chi connectivity index (χ0) is 23.0. The first-order chi connectivity index (χ1) is 16.1. The van der Waals surface area contributed by atoms with Crippen molar-refractivity contribution >= 4 is 41.0 Å². The average molecular weight is 497 g/mol. The second-order valence-corrected chi connectivity index (χ2v) is 11.2. The van der Waals surface area contributed by atoms with Gasteiger partial charge >= 0.3 is 0 Å². The number of halogens is 1. The molecular weight excluding hydrogens is 468 g/mol. The molecule has 0 radical (unpaired) electrons. The fraction of sp³-hybridized carbons (Fsp3) is 0.296. The summed E-state index contributed by atoms with van der Waals surface area (Å²) in [5, 5.41) is 4.32. The highest BCUT2D eigenvalue weighted by Gasteiger charge is 2.17. The second-order valence-electron chi connectivity index (χ2n) is 8.33. The van der Waals surface area contributed by atoms with E-state index in [4.69, 9.17) is 11.6 Å². The Bertz CT molecular complexity index is 1070. The molecule has 33 heavy (non-hydrogen) atoms. The number of rotatable bonds is 8. The summed E-state index contributed by atoms with van der Waals surface area (Å²) in [4.78, 5) is 17.1. The first-order valence-electron chi connectivity index (χ1n) is 11.3. The second kappa shape index (κ2) is 12.0. The maximum atomic E-state index is 12.2. The summed E-state index contributed by atoms with van der Waals surface area (Å²) >= 11 is 9.71. The van der Waals surface area contributed by atoms with Gasteiger partial charge in [0.15, 0.2) is 0 Å². The maximum absolute atomic E-state index is 12.2. The van der Waals surface area contributed by atoms with Gasteiger partial charge in [-0.2, -0.15) is 0 Å². The molecule has 0 aromatic heterocycles. The molecule has 3 nitrogen and oxygen atoms in total. The molecule has 0 unspecified atom stereocenters. The van der Waals surface area contributed by atoms with Crippen LogP contribution in [-0.4, -0.2) is 41.9 Å². The first kappa shape index (κ1) is 24.2. The highest BCUT2D eigenvalue weighted by Crippen LogP contribution is 2.33. The summed E-state index contributed by atoms with van der Waals surface area (Å²) in [6, 6.07) is 24.9. The first-order valence-corrected chi connectivity index (χ1v) is 13.5. The van der Waals surface area contributed by atoms with Gasteiger partial charge in [-0.25, -0.2) is 0 Å². The van der Waals surface area contributed by atoms with Gasteiger partial charge in [0.1, 0.15) is 0 Å². The van der Waals surface area contributed by atoms with Gasteiger partial charge in [0.25, 0.3) is 0 Å². The number of hydrogen-bond donors (Lipinski definition) is 1. The number of likely N-dealkylation sites (tertiary alicyclic amines) is 1. The van der Waals surface area contributed by atoms with Crippen molar-refractivity contribution in [3.63, 3.8) is 0 Å². The van der Waals surface area contributed by atoms with Crippen molar-refractivity contribution < 1.29 is 4.79 Å². The van der Waals surface area contributed by atoms with E-state index in [1.165, 1.54) is 42.0 Å². The Morgan fingerprint density at radius 3 is 2.48 bits per heavy atom. The van der Waals surface area contributed by atoms with Crippen LogP contribution in [0, 0.1) is 0 Å². The Morgan fingerprint density at radius 1 is 0.970 bits per heavy atom. The molecule has 0 atom stereocenters. The van der Waals surface area contributed by atoms with Crippen LogP contribution in [0.4, 0.5) is 0 Å². The zero-order valence-corrected chi connectivity index (χ0v) is 21.2. The van der Waals surface area contributed by atoms with E-state index < -0.39 is 0 Å². The average Bonchev–Trinajstić information content (AvgIpc) is 2.84. The summed E-state index contributed by atoms with van der Waals surface area (Å²) in [6.45, 7) is 2.83. The highest BCUT2D eigenvalue weighted by atomic mass is 35.5. The monoisotopic (exact) mass is 496 g/mol. The van der Waals surface area contributed by atoms with Crippen molar-refractivity contribution in [1.29, 1.82) is 0 Å². The van der Waals surface area contributed by atoms with Crippen LogP contribution < -0.4 is 5.32 Å². The molecule has 1 N–H and O–H groups in total. The number of nitrogens with zero attached hydrogens (tertiary/aromatic N) is 1. The summed E-state index contributed by atoms with van der Waals surface area (Å²) in [6.07, 6.45) is 2.51. The number of hydrogen-bond acceptors (Lipinski definition) is 4. The van der Waals surface area contributed by atoms with Crippen molar-refractivity contribution in [3.05, 3.63) is 83.4 Å². The molecule has 172 valence electrons. The molecule has 0 aliphatic carbocycles. The quantitative estimate of drug-likeness (QED) is 0.356. The Hall–Kier alpha value is -1.92. The number of nitrogens with one attached hydrogen (secondary N) is 1. The topological polar surface area (TPSA) is 32.3 Å². The number of carbonyl (C=O) groups excluding carboxylic acids is 1. The number of benzene rings is 3. The summed E-state index contributed by atoms with van der Waals surface area (Å²) in [5.74, 6) is 0.384.